The zero-order valence-electron chi connectivity index (χ0n) is 3.00. The summed E-state index contributed by atoms with van der Waals surface area (Å²) in [7, 11) is -4.61. The zero-order valence-corrected chi connectivity index (χ0v) is 8.53. The van der Waals surface area contributed by atoms with Crippen molar-refractivity contribution >= 4 is 9.05 Å². The van der Waals surface area contributed by atoms with Crippen molar-refractivity contribution in [3.8, 4) is 0 Å². The summed E-state index contributed by atoms with van der Waals surface area (Å²) in [4.78, 5) is 29.3. The van der Waals surface area contributed by atoms with Crippen LogP contribution in [0.25, 0.3) is 0 Å². The van der Waals surface area contributed by atoms with Crippen LogP contribution in [0.4, 0.5) is 0 Å². The van der Waals surface area contributed by atoms with E-state index in [0.29, 0.717) is 0 Å². The average Bonchev–Trinajstić information content (AvgIpc) is 0.722. The Kier molecular flexibility index (Phi) is 15.9. The molecule has 0 radical (unpaired) electrons. The number of hydrogen-bond donors (Lipinski definition) is 4. The predicted octanol–water partition coefficient (Wildman–Crippen LogP) is -2.61. The molecule has 0 saturated heterocycles. The van der Waals surface area contributed by atoms with Gasteiger partial charge in [0, 0.05) is 79.9 Å². The van der Waals surface area contributed by atoms with E-state index in [1.165, 1.54) is 0 Å². The van der Waals surface area contributed by atoms with Crippen LogP contribution >= 0.6 is 0 Å². The summed E-state index contributed by atoms with van der Waals surface area (Å²) < 4.78 is 0. The van der Waals surface area contributed by atoms with Gasteiger partial charge in [-0.15, -0.1) is 0 Å². The van der Waals surface area contributed by atoms with Crippen molar-refractivity contribution in [1.29, 1.82) is 0 Å². The third-order valence-electron chi connectivity index (χ3n) is 0. The first-order valence-electron chi connectivity index (χ1n) is 0.894. The van der Waals surface area contributed by atoms with Crippen molar-refractivity contribution in [2.75, 3.05) is 0 Å². The molecule has 0 aromatic heterocycles. The molecule has 0 aromatic rings. The van der Waals surface area contributed by atoms with Gasteiger partial charge in [0.15, 0.2) is 0 Å². The number of rotatable bonds is 0. The van der Waals surface area contributed by atoms with E-state index in [-0.39, 0.29) is 79.9 Å². The van der Waals surface area contributed by atoms with Crippen molar-refractivity contribution < 1.29 is 99.1 Å². The fourth-order valence-corrected chi connectivity index (χ4v) is 0. The second-order valence-corrected chi connectivity index (χ2v) is 1.80. The third kappa shape index (κ3) is 53.5. The van der Waals surface area contributed by atoms with Gasteiger partial charge in [0.2, 0.25) is 0 Å². The van der Waals surface area contributed by atoms with E-state index in [1.807, 2.05) is 0 Å². The van der Waals surface area contributed by atoms with Crippen LogP contribution in [0, 0.1) is 79.9 Å². The molecule has 4 nitrogen and oxygen atoms in total. The van der Waals surface area contributed by atoms with Crippen molar-refractivity contribution in [2.24, 2.45) is 0 Å². The van der Waals surface area contributed by atoms with Crippen LogP contribution in [0.3, 0.4) is 0 Å². The molecule has 0 bridgehead atoms. The fraction of sp³-hybridized carbons (Fsp3) is 0. The fourth-order valence-electron chi connectivity index (χ4n) is 0. The van der Waals surface area contributed by atoms with Crippen LogP contribution in [0.15, 0.2) is 0 Å². The maximum Gasteiger partial charge on any atom is 0.668 e. The molecule has 0 fully saturated rings. The molecule has 0 saturated carbocycles. The molecule has 0 unspecified atom stereocenters. The molecule has 0 atom stereocenters. The molecule has 0 aliphatic rings. The molecule has 7 heavy (non-hydrogen) atoms. The van der Waals surface area contributed by atoms with Crippen molar-refractivity contribution in [3.63, 3.8) is 0 Å². The summed E-state index contributed by atoms with van der Waals surface area (Å²) in [5.74, 6) is 0. The number of hydrogen-bond acceptors (Lipinski definition) is 4. The van der Waals surface area contributed by atoms with Gasteiger partial charge in [-0.1, -0.05) is 0 Å². The minimum absolute atomic E-state index is 0. The molecule has 0 heterocycles. The van der Waals surface area contributed by atoms with Crippen LogP contribution in [-0.2, 0) is 0 Å². The van der Waals surface area contributed by atoms with Gasteiger partial charge in [0.25, 0.3) is 0 Å². The Morgan fingerprint density at radius 3 is 0.714 bits per heavy atom. The van der Waals surface area contributed by atoms with Crippen LogP contribution in [0.1, 0.15) is 0 Å². The average molecular weight is 411 g/mol. The van der Waals surface area contributed by atoms with Gasteiger partial charge >= 0.3 is 9.05 Å². The van der Waals surface area contributed by atoms with Gasteiger partial charge in [-0.25, -0.2) is 0 Å². The molecule has 0 rings (SSSR count). The Labute approximate surface area is 106 Å². The Morgan fingerprint density at radius 1 is 0.714 bits per heavy atom. The first kappa shape index (κ1) is 16.4. The molecule has 0 spiro atoms. The Morgan fingerprint density at radius 2 is 0.714 bits per heavy atom. The zero-order chi connectivity index (χ0) is 4.50. The first-order chi connectivity index (χ1) is 2.00. The molecular formula is H4Gd2O4Si. The van der Waals surface area contributed by atoms with Crippen LogP contribution in [-0.4, -0.2) is 28.2 Å². The summed E-state index contributed by atoms with van der Waals surface area (Å²) in [6.07, 6.45) is 0. The summed E-state index contributed by atoms with van der Waals surface area (Å²) >= 11 is 0. The van der Waals surface area contributed by atoms with Crippen molar-refractivity contribution in [2.45, 2.75) is 0 Å². The standard InChI is InChI=1S/2Gd.H4O4Si/c;;1-5(2,3)4/h;;1-4H. The molecule has 0 aliphatic heterocycles. The quantitative estimate of drug-likeness (QED) is 0.330. The third-order valence-corrected chi connectivity index (χ3v) is 0. The summed E-state index contributed by atoms with van der Waals surface area (Å²) in [5.41, 5.74) is 0. The van der Waals surface area contributed by atoms with Crippen LogP contribution < -0.4 is 0 Å². The predicted molar refractivity (Wildman–Crippen MR) is 14.6 cm³/mol. The topological polar surface area (TPSA) is 80.9 Å². The maximum atomic E-state index is 7.33. The summed E-state index contributed by atoms with van der Waals surface area (Å²) in [5, 5.41) is 0. The minimum Gasteiger partial charge on any atom is -0.368 e. The molecule has 0 aromatic carbocycles. The Balaban J connectivity index is -0.0000000800. The normalized spacial score (nSPS) is 8.57. The van der Waals surface area contributed by atoms with E-state index >= 15 is 0 Å². The molecule has 48 valence electrons. The molecule has 7 heteroatoms. The van der Waals surface area contributed by atoms with Gasteiger partial charge in [-0.2, -0.15) is 0 Å². The van der Waals surface area contributed by atoms with Gasteiger partial charge in [-0.3, -0.25) is 0 Å². The van der Waals surface area contributed by atoms with Gasteiger partial charge < -0.3 is 19.2 Å². The maximum absolute atomic E-state index is 7.33. The monoisotopic (exact) mass is 412 g/mol. The van der Waals surface area contributed by atoms with Crippen LogP contribution in [0.5, 0.6) is 0 Å². The Hall–Kier alpha value is 2.71. The van der Waals surface area contributed by atoms with E-state index in [4.69, 9.17) is 19.2 Å². The largest absolute Gasteiger partial charge is 0.668 e. The first-order valence-corrected chi connectivity index (χ1v) is 2.68. The smallest absolute Gasteiger partial charge is 0.368 e. The second-order valence-electron chi connectivity index (χ2n) is 0.600. The van der Waals surface area contributed by atoms with Gasteiger partial charge in [-0.05, 0) is 0 Å². The molecule has 0 amide bonds. The molecule has 0 aliphatic carbocycles. The minimum atomic E-state index is -4.61. The van der Waals surface area contributed by atoms with E-state index in [0.717, 1.165) is 0 Å². The summed E-state index contributed by atoms with van der Waals surface area (Å²) in [6, 6.07) is 0. The second kappa shape index (κ2) is 6.82. The van der Waals surface area contributed by atoms with Crippen molar-refractivity contribution in [1.82, 2.24) is 0 Å². The van der Waals surface area contributed by atoms with Gasteiger partial charge in [0.1, 0.15) is 0 Å². The van der Waals surface area contributed by atoms with Gasteiger partial charge in [0.05, 0.1) is 0 Å². The van der Waals surface area contributed by atoms with Crippen molar-refractivity contribution in [3.05, 3.63) is 0 Å². The van der Waals surface area contributed by atoms with E-state index < -0.39 is 9.05 Å². The SMILES string of the molecule is O[Si](O)(O)O.[Gd].[Gd]. The summed E-state index contributed by atoms with van der Waals surface area (Å²) in [6.45, 7) is 0. The molecule has 4 N–H and O–H groups in total. The van der Waals surface area contributed by atoms with E-state index in [2.05, 4.69) is 0 Å². The Bertz CT molecular complexity index is 25.2. The van der Waals surface area contributed by atoms with Crippen LogP contribution in [0.2, 0.25) is 0 Å². The van der Waals surface area contributed by atoms with E-state index in [9.17, 15) is 0 Å². The molecular weight excluding hydrogens is 407 g/mol. The van der Waals surface area contributed by atoms with E-state index in [1.54, 1.807) is 0 Å².